The Morgan fingerprint density at radius 3 is 2.05 bits per heavy atom. The van der Waals surface area contributed by atoms with E-state index in [1.165, 1.54) is 31.3 Å². The number of carbonyl (C=O) groups excluding carboxylic acids is 5. The molecular weight excluding hydrogens is 509 g/mol. The number of benzene rings is 1. The maximum Gasteiger partial charge on any atom is 0.524 e. The minimum absolute atomic E-state index is 0.0938. The largest absolute Gasteiger partial charge is 0.524 e. The predicted molar refractivity (Wildman–Crippen MR) is 129 cm³/mol. The SMILES string of the molecule is CC[C@H](C)[C@H](NC(=O)[C@H]1[C@H](C(=O)NC)[C@@H]1c1ccc(OP(=O)(O)O)cc1)C(=O)N[C@@H](CC(N)=O)C(N)=O. The fraction of sp³-hybridized carbons (Fsp3) is 0.500. The van der Waals surface area contributed by atoms with Crippen LogP contribution in [0.25, 0.3) is 0 Å². The van der Waals surface area contributed by atoms with E-state index in [-0.39, 0.29) is 11.7 Å². The van der Waals surface area contributed by atoms with Crippen LogP contribution in [0.1, 0.15) is 38.2 Å². The average Bonchev–Trinajstić information content (AvgIpc) is 3.55. The van der Waals surface area contributed by atoms with Crippen LogP contribution >= 0.6 is 7.82 Å². The molecule has 0 spiro atoms. The number of nitrogens with one attached hydrogen (secondary N) is 3. The van der Waals surface area contributed by atoms with E-state index in [1.54, 1.807) is 13.8 Å². The van der Waals surface area contributed by atoms with Crippen LogP contribution in [-0.4, -0.2) is 58.5 Å². The van der Waals surface area contributed by atoms with Gasteiger partial charge in [-0.1, -0.05) is 32.4 Å². The van der Waals surface area contributed by atoms with Gasteiger partial charge >= 0.3 is 7.82 Å². The summed E-state index contributed by atoms with van der Waals surface area (Å²) in [6.45, 7) is 3.50. The fourth-order valence-electron chi connectivity index (χ4n) is 4.07. The van der Waals surface area contributed by atoms with E-state index in [9.17, 15) is 28.5 Å². The van der Waals surface area contributed by atoms with Crippen molar-refractivity contribution in [2.24, 2.45) is 29.2 Å². The third kappa shape index (κ3) is 8.00. The third-order valence-corrected chi connectivity index (χ3v) is 6.67. The van der Waals surface area contributed by atoms with Crippen molar-refractivity contribution in [3.63, 3.8) is 0 Å². The maximum atomic E-state index is 13.2. The van der Waals surface area contributed by atoms with Crippen LogP contribution in [0.3, 0.4) is 0 Å². The quantitative estimate of drug-likeness (QED) is 0.145. The molecule has 1 saturated carbocycles. The zero-order chi connectivity index (χ0) is 28.1. The zero-order valence-corrected chi connectivity index (χ0v) is 21.4. The molecule has 5 amide bonds. The average molecular weight is 541 g/mol. The van der Waals surface area contributed by atoms with Gasteiger partial charge in [-0.2, -0.15) is 0 Å². The third-order valence-electron chi connectivity index (χ3n) is 6.22. The van der Waals surface area contributed by atoms with E-state index in [0.29, 0.717) is 12.0 Å². The Morgan fingerprint density at radius 2 is 1.59 bits per heavy atom. The summed E-state index contributed by atoms with van der Waals surface area (Å²) in [5.74, 6) is -6.18. The highest BCUT2D eigenvalue weighted by Crippen LogP contribution is 2.54. The lowest BCUT2D eigenvalue weighted by Gasteiger charge is -2.25. The lowest BCUT2D eigenvalue weighted by molar-refractivity contribution is -0.134. The van der Waals surface area contributed by atoms with Gasteiger partial charge in [0.1, 0.15) is 17.8 Å². The molecule has 37 heavy (non-hydrogen) atoms. The van der Waals surface area contributed by atoms with E-state index >= 15 is 0 Å². The molecule has 0 unspecified atom stereocenters. The molecule has 0 aliphatic heterocycles. The molecule has 1 fully saturated rings. The van der Waals surface area contributed by atoms with Crippen molar-refractivity contribution in [1.82, 2.24) is 16.0 Å². The van der Waals surface area contributed by atoms with E-state index in [1.807, 2.05) is 0 Å². The molecule has 1 aliphatic rings. The second kappa shape index (κ2) is 12.2. The van der Waals surface area contributed by atoms with Crippen LogP contribution in [0.2, 0.25) is 0 Å². The minimum atomic E-state index is -4.75. The van der Waals surface area contributed by atoms with Crippen molar-refractivity contribution in [2.45, 2.75) is 44.7 Å². The van der Waals surface area contributed by atoms with Gasteiger partial charge in [0, 0.05) is 13.0 Å². The molecule has 9 N–H and O–H groups in total. The molecule has 0 bridgehead atoms. The Morgan fingerprint density at radius 1 is 1.03 bits per heavy atom. The highest BCUT2D eigenvalue weighted by atomic mass is 31.2. The van der Waals surface area contributed by atoms with Crippen molar-refractivity contribution in [1.29, 1.82) is 0 Å². The number of hydrogen-bond acceptors (Lipinski definition) is 7. The molecule has 1 aromatic carbocycles. The first kappa shape index (κ1) is 29.7. The maximum absolute atomic E-state index is 13.2. The monoisotopic (exact) mass is 541 g/mol. The number of primary amides is 2. The summed E-state index contributed by atoms with van der Waals surface area (Å²) >= 11 is 0. The Bertz CT molecular complexity index is 1090. The van der Waals surface area contributed by atoms with Crippen LogP contribution in [-0.2, 0) is 28.5 Å². The topological polar surface area (TPSA) is 240 Å². The van der Waals surface area contributed by atoms with Crippen molar-refractivity contribution in [3.8, 4) is 5.75 Å². The van der Waals surface area contributed by atoms with E-state index in [4.69, 9.17) is 21.3 Å². The van der Waals surface area contributed by atoms with Gasteiger partial charge in [-0.3, -0.25) is 33.8 Å². The summed E-state index contributed by atoms with van der Waals surface area (Å²) in [7, 11) is -3.34. The smallest absolute Gasteiger partial charge is 0.404 e. The molecule has 1 aromatic rings. The number of nitrogens with two attached hydrogens (primary N) is 2. The van der Waals surface area contributed by atoms with Gasteiger partial charge in [-0.05, 0) is 23.6 Å². The Hall–Kier alpha value is -3.48. The van der Waals surface area contributed by atoms with Crippen LogP contribution in [0.15, 0.2) is 24.3 Å². The summed E-state index contributed by atoms with van der Waals surface area (Å²) in [4.78, 5) is 79.4. The first-order valence-electron chi connectivity index (χ1n) is 11.4. The molecule has 1 aliphatic carbocycles. The van der Waals surface area contributed by atoms with Crippen molar-refractivity contribution < 1.29 is 42.8 Å². The molecule has 15 heteroatoms. The normalized spacial score (nSPS) is 21.1. The molecule has 0 radical (unpaired) electrons. The summed E-state index contributed by atoms with van der Waals surface area (Å²) in [5.41, 5.74) is 10.9. The van der Waals surface area contributed by atoms with Gasteiger partial charge in [-0.25, -0.2) is 4.57 Å². The summed E-state index contributed by atoms with van der Waals surface area (Å²) in [6.07, 6.45) is -0.0309. The number of carbonyl (C=O) groups is 5. The Labute approximate surface area is 213 Å². The first-order chi connectivity index (χ1) is 17.2. The number of phosphoric ester groups is 1. The van der Waals surface area contributed by atoms with Crippen LogP contribution in [0.4, 0.5) is 0 Å². The molecule has 6 atom stereocenters. The predicted octanol–water partition coefficient (Wildman–Crippen LogP) is -1.39. The number of hydrogen-bond donors (Lipinski definition) is 7. The number of phosphoric acid groups is 1. The molecule has 0 heterocycles. The lowest BCUT2D eigenvalue weighted by atomic mass is 9.97. The standard InChI is InChI=1S/C22H32N5O9P/c1-4-10(2)18(22(32)26-13(19(24)29)9-14(23)28)27-21(31)17-15(16(17)20(30)25-3)11-5-7-12(8-6-11)36-37(33,34)35/h5-8,10,13,15-18H,4,9H2,1-3H3,(H2,23,28)(H2,24,29)(H,25,30)(H,26,32)(H,27,31)(H2,33,34,35)/t10-,13-,15-,16+,17+,18-/m0/s1. The first-order valence-corrected chi connectivity index (χ1v) is 13.0. The highest BCUT2D eigenvalue weighted by Gasteiger charge is 2.59. The second-order valence-electron chi connectivity index (χ2n) is 8.85. The summed E-state index contributed by atoms with van der Waals surface area (Å²) in [5, 5.41) is 7.51. The van der Waals surface area contributed by atoms with Crippen LogP contribution in [0, 0.1) is 17.8 Å². The van der Waals surface area contributed by atoms with E-state index in [0.717, 1.165) is 0 Å². The Balaban J connectivity index is 2.23. The van der Waals surface area contributed by atoms with Crippen molar-refractivity contribution in [2.75, 3.05) is 7.05 Å². The van der Waals surface area contributed by atoms with Crippen molar-refractivity contribution >= 4 is 37.4 Å². The molecule has 0 saturated heterocycles. The van der Waals surface area contributed by atoms with Gasteiger partial charge in [0.25, 0.3) is 0 Å². The highest BCUT2D eigenvalue weighted by molar-refractivity contribution is 7.46. The van der Waals surface area contributed by atoms with Crippen LogP contribution in [0.5, 0.6) is 5.75 Å². The lowest BCUT2D eigenvalue weighted by Crippen LogP contribution is -2.56. The summed E-state index contributed by atoms with van der Waals surface area (Å²) < 4.78 is 15.6. The van der Waals surface area contributed by atoms with E-state index < -0.39 is 73.6 Å². The number of rotatable bonds is 13. The van der Waals surface area contributed by atoms with E-state index in [2.05, 4.69) is 20.5 Å². The molecule has 14 nitrogen and oxygen atoms in total. The molecule has 0 aromatic heterocycles. The van der Waals surface area contributed by atoms with Gasteiger partial charge in [0.05, 0.1) is 18.3 Å². The van der Waals surface area contributed by atoms with Crippen molar-refractivity contribution in [3.05, 3.63) is 29.8 Å². The minimum Gasteiger partial charge on any atom is -0.404 e. The van der Waals surface area contributed by atoms with Gasteiger partial charge < -0.3 is 31.9 Å². The second-order valence-corrected chi connectivity index (χ2v) is 10.0. The van der Waals surface area contributed by atoms with Crippen LogP contribution < -0.4 is 31.9 Å². The zero-order valence-electron chi connectivity index (χ0n) is 20.5. The Kier molecular flexibility index (Phi) is 9.79. The van der Waals surface area contributed by atoms with Gasteiger partial charge in [0.2, 0.25) is 29.5 Å². The van der Waals surface area contributed by atoms with Gasteiger partial charge in [0.15, 0.2) is 0 Å². The fourth-order valence-corrected chi connectivity index (χ4v) is 4.47. The molecular formula is C22H32N5O9P. The molecule has 204 valence electrons. The summed E-state index contributed by atoms with van der Waals surface area (Å²) in [6, 6.07) is 3.13. The van der Waals surface area contributed by atoms with Gasteiger partial charge in [-0.15, -0.1) is 0 Å². The molecule has 2 rings (SSSR count). The number of amides is 5.